The number of nitrogens with zero attached hydrogens (tertiary/aromatic N) is 3. The molecule has 4 rings (SSSR count). The van der Waals surface area contributed by atoms with E-state index in [1.165, 1.54) is 23.5 Å². The van der Waals surface area contributed by atoms with Crippen LogP contribution in [0.15, 0.2) is 47.4 Å². The van der Waals surface area contributed by atoms with Gasteiger partial charge in [-0.1, -0.05) is 11.3 Å². The molecule has 1 saturated heterocycles. The second-order valence-electron chi connectivity index (χ2n) is 8.21. The highest BCUT2D eigenvalue weighted by atomic mass is 32.2. The minimum atomic E-state index is -3.73. The van der Waals surface area contributed by atoms with Crippen molar-refractivity contribution in [3.05, 3.63) is 48.3 Å². The number of carbonyl (C=O) groups excluding carboxylic acids is 1. The number of amides is 1. The average molecular weight is 522 g/mol. The van der Waals surface area contributed by atoms with Crippen molar-refractivity contribution in [2.24, 2.45) is 0 Å². The summed E-state index contributed by atoms with van der Waals surface area (Å²) < 4.78 is 50.2. The van der Waals surface area contributed by atoms with Crippen LogP contribution in [-0.2, 0) is 19.4 Å². The molecule has 1 fully saturated rings. The summed E-state index contributed by atoms with van der Waals surface area (Å²) in [5, 5.41) is 0.527. The Morgan fingerprint density at radius 3 is 2.66 bits per heavy atom. The lowest BCUT2D eigenvalue weighted by molar-refractivity contribution is -0.118. The second-order valence-corrected chi connectivity index (χ2v) is 11.3. The minimum absolute atomic E-state index is 0.00218. The zero-order valence-electron chi connectivity index (χ0n) is 19.5. The summed E-state index contributed by atoms with van der Waals surface area (Å²) in [7, 11) is -2.14. The van der Waals surface area contributed by atoms with Gasteiger partial charge >= 0.3 is 0 Å². The number of methoxy groups -OCH3 is 1. The summed E-state index contributed by atoms with van der Waals surface area (Å²) in [6.45, 7) is 4.33. The fourth-order valence-electron chi connectivity index (χ4n) is 3.86. The summed E-state index contributed by atoms with van der Waals surface area (Å²) in [6, 6.07) is 10.2. The molecule has 1 aliphatic rings. The van der Waals surface area contributed by atoms with E-state index in [1.54, 1.807) is 12.0 Å². The van der Waals surface area contributed by atoms with E-state index in [4.69, 9.17) is 9.47 Å². The van der Waals surface area contributed by atoms with Crippen LogP contribution in [0.3, 0.4) is 0 Å². The fourth-order valence-corrected chi connectivity index (χ4v) is 6.12. The van der Waals surface area contributed by atoms with Crippen molar-refractivity contribution in [2.45, 2.75) is 17.7 Å². The number of thiazole rings is 1. The number of carbonyl (C=O) groups is 1. The number of rotatable bonds is 10. The topological polar surface area (TPSA) is 89.0 Å². The molecular weight excluding hydrogens is 493 g/mol. The number of morpholine rings is 1. The molecule has 0 aliphatic carbocycles. The first kappa shape index (κ1) is 25.5. The number of fused-ring (bicyclic) bond motifs is 1. The monoisotopic (exact) mass is 521 g/mol. The summed E-state index contributed by atoms with van der Waals surface area (Å²) in [5.74, 6) is -0.498. The van der Waals surface area contributed by atoms with Crippen molar-refractivity contribution < 1.29 is 27.1 Å². The molecule has 188 valence electrons. The van der Waals surface area contributed by atoms with Gasteiger partial charge in [0.1, 0.15) is 11.6 Å². The van der Waals surface area contributed by atoms with Crippen molar-refractivity contribution in [3.63, 3.8) is 0 Å². The Morgan fingerprint density at radius 1 is 1.20 bits per heavy atom. The molecule has 2 heterocycles. The van der Waals surface area contributed by atoms with Gasteiger partial charge in [0.2, 0.25) is 5.91 Å². The predicted octanol–water partition coefficient (Wildman–Crippen LogP) is 3.36. The van der Waals surface area contributed by atoms with E-state index in [2.05, 4.69) is 9.88 Å². The standard InChI is InChI=1S/C24H28FN3O5S2/c1-32-19-5-8-21-22(17-19)34-24(26-21)28(11-2-10-27-12-14-33-15-13-27)23(29)9-16-35(30,31)20-6-3-18(25)4-7-20/h3-8,17H,2,9-16H2,1H3. The summed E-state index contributed by atoms with van der Waals surface area (Å²) >= 11 is 1.37. The SMILES string of the molecule is COc1ccc2nc(N(CCCN3CCOCC3)C(=O)CCS(=O)(=O)c3ccc(F)cc3)sc2c1. The summed E-state index contributed by atoms with van der Waals surface area (Å²) in [5.41, 5.74) is 0.746. The van der Waals surface area contributed by atoms with Gasteiger partial charge in [0.05, 0.1) is 41.2 Å². The second kappa shape index (κ2) is 11.4. The Hall–Kier alpha value is -2.60. The van der Waals surface area contributed by atoms with E-state index in [0.29, 0.717) is 30.6 Å². The number of ether oxygens (including phenoxy) is 2. The van der Waals surface area contributed by atoms with Gasteiger partial charge in [0, 0.05) is 32.6 Å². The van der Waals surface area contributed by atoms with Gasteiger partial charge in [-0.05, 0) is 48.9 Å². The molecule has 0 atom stereocenters. The number of anilines is 1. The fraction of sp³-hybridized carbons (Fsp3) is 0.417. The van der Waals surface area contributed by atoms with Crippen LogP contribution < -0.4 is 9.64 Å². The first-order valence-corrected chi connectivity index (χ1v) is 13.9. The van der Waals surface area contributed by atoms with Crippen molar-refractivity contribution in [3.8, 4) is 5.75 Å². The Labute approximate surface area is 208 Å². The van der Waals surface area contributed by atoms with E-state index in [9.17, 15) is 17.6 Å². The normalized spacial score (nSPS) is 14.8. The summed E-state index contributed by atoms with van der Waals surface area (Å²) in [4.78, 5) is 21.8. The zero-order chi connectivity index (χ0) is 24.8. The van der Waals surface area contributed by atoms with Gasteiger partial charge in [0.25, 0.3) is 0 Å². The zero-order valence-corrected chi connectivity index (χ0v) is 21.1. The Bertz CT molecular complexity index is 1260. The first-order valence-electron chi connectivity index (χ1n) is 11.4. The van der Waals surface area contributed by atoms with Crippen molar-refractivity contribution >= 4 is 42.4 Å². The van der Waals surface area contributed by atoms with Crippen LogP contribution in [0.25, 0.3) is 10.2 Å². The van der Waals surface area contributed by atoms with Gasteiger partial charge in [-0.15, -0.1) is 0 Å². The maximum Gasteiger partial charge on any atom is 0.229 e. The number of hydrogen-bond donors (Lipinski definition) is 0. The number of hydrogen-bond acceptors (Lipinski definition) is 8. The lowest BCUT2D eigenvalue weighted by atomic mass is 10.3. The Balaban J connectivity index is 1.49. The van der Waals surface area contributed by atoms with Crippen LogP contribution in [-0.4, -0.2) is 76.5 Å². The number of aromatic nitrogens is 1. The molecule has 0 spiro atoms. The Morgan fingerprint density at radius 2 is 1.94 bits per heavy atom. The molecule has 1 amide bonds. The molecule has 0 bridgehead atoms. The quantitative estimate of drug-likeness (QED) is 0.378. The summed E-state index contributed by atoms with van der Waals surface area (Å²) in [6.07, 6.45) is 0.520. The molecule has 0 unspecified atom stereocenters. The molecule has 1 aliphatic heterocycles. The van der Waals surface area contributed by atoms with Gasteiger partial charge < -0.3 is 9.47 Å². The highest BCUT2D eigenvalue weighted by Crippen LogP contribution is 2.32. The molecule has 35 heavy (non-hydrogen) atoms. The third-order valence-corrected chi connectivity index (χ3v) is 8.61. The van der Waals surface area contributed by atoms with E-state index in [1.807, 2.05) is 18.2 Å². The predicted molar refractivity (Wildman–Crippen MR) is 133 cm³/mol. The lowest BCUT2D eigenvalue weighted by Gasteiger charge is -2.27. The van der Waals surface area contributed by atoms with Crippen LogP contribution in [0.2, 0.25) is 0 Å². The van der Waals surface area contributed by atoms with E-state index in [-0.39, 0.29) is 23.0 Å². The van der Waals surface area contributed by atoms with Crippen molar-refractivity contribution in [2.75, 3.05) is 57.2 Å². The molecule has 2 aromatic carbocycles. The molecule has 8 nitrogen and oxygen atoms in total. The number of halogens is 1. The van der Waals surface area contributed by atoms with Crippen molar-refractivity contribution in [1.29, 1.82) is 0 Å². The molecule has 3 aromatic rings. The highest BCUT2D eigenvalue weighted by molar-refractivity contribution is 7.91. The van der Waals surface area contributed by atoms with E-state index >= 15 is 0 Å². The van der Waals surface area contributed by atoms with E-state index in [0.717, 1.165) is 48.4 Å². The van der Waals surface area contributed by atoms with Crippen LogP contribution in [0, 0.1) is 5.82 Å². The third kappa shape index (κ3) is 6.54. The van der Waals surface area contributed by atoms with Gasteiger partial charge in [-0.3, -0.25) is 14.6 Å². The maximum atomic E-state index is 13.3. The average Bonchev–Trinajstić information content (AvgIpc) is 3.29. The van der Waals surface area contributed by atoms with Crippen LogP contribution in [0.5, 0.6) is 5.75 Å². The van der Waals surface area contributed by atoms with Crippen LogP contribution >= 0.6 is 11.3 Å². The van der Waals surface area contributed by atoms with Gasteiger partial charge in [0.15, 0.2) is 15.0 Å². The van der Waals surface area contributed by atoms with Crippen LogP contribution in [0.4, 0.5) is 9.52 Å². The third-order valence-electron chi connectivity index (χ3n) is 5.83. The van der Waals surface area contributed by atoms with Crippen LogP contribution in [0.1, 0.15) is 12.8 Å². The Kier molecular flexibility index (Phi) is 8.32. The van der Waals surface area contributed by atoms with E-state index < -0.39 is 15.7 Å². The van der Waals surface area contributed by atoms with Gasteiger partial charge in [-0.25, -0.2) is 17.8 Å². The lowest BCUT2D eigenvalue weighted by Crippen LogP contribution is -2.39. The molecule has 1 aromatic heterocycles. The molecule has 0 saturated carbocycles. The number of benzene rings is 2. The molecule has 0 radical (unpaired) electrons. The highest BCUT2D eigenvalue weighted by Gasteiger charge is 2.24. The van der Waals surface area contributed by atoms with Gasteiger partial charge in [-0.2, -0.15) is 0 Å². The largest absolute Gasteiger partial charge is 0.497 e. The molecular formula is C24H28FN3O5S2. The smallest absolute Gasteiger partial charge is 0.229 e. The number of sulfone groups is 1. The molecule has 0 N–H and O–H groups in total. The first-order chi connectivity index (χ1) is 16.9. The minimum Gasteiger partial charge on any atom is -0.497 e. The molecule has 11 heteroatoms. The maximum absolute atomic E-state index is 13.3. The van der Waals surface area contributed by atoms with Crippen molar-refractivity contribution in [1.82, 2.24) is 9.88 Å².